The van der Waals surface area contributed by atoms with E-state index in [4.69, 9.17) is 0 Å². The number of anilines is 2. The molecule has 1 aliphatic heterocycles. The Morgan fingerprint density at radius 1 is 1.29 bits per heavy atom. The van der Waals surface area contributed by atoms with Gasteiger partial charge in [-0.3, -0.25) is 0 Å². The van der Waals surface area contributed by atoms with Gasteiger partial charge in [0, 0.05) is 25.8 Å². The molecule has 128 valence electrons. The zero-order valence-corrected chi connectivity index (χ0v) is 14.8. The van der Waals surface area contributed by atoms with Crippen molar-refractivity contribution in [2.45, 2.75) is 25.9 Å². The van der Waals surface area contributed by atoms with Crippen molar-refractivity contribution < 1.29 is 8.42 Å². The lowest BCUT2D eigenvalue weighted by molar-refractivity contribution is 0.600. The summed E-state index contributed by atoms with van der Waals surface area (Å²) in [6.45, 7) is 2.77. The van der Waals surface area contributed by atoms with E-state index in [1.54, 1.807) is 6.20 Å². The number of rotatable bonds is 5. The van der Waals surface area contributed by atoms with E-state index in [9.17, 15) is 8.42 Å². The zero-order chi connectivity index (χ0) is 17.2. The number of nitrogens with one attached hydrogen (secondary N) is 1. The van der Waals surface area contributed by atoms with Crippen LogP contribution in [0.25, 0.3) is 0 Å². The highest BCUT2D eigenvalue weighted by molar-refractivity contribution is 7.91. The third kappa shape index (κ3) is 3.84. The summed E-state index contributed by atoms with van der Waals surface area (Å²) in [4.78, 5) is 10.7. The van der Waals surface area contributed by atoms with E-state index in [1.165, 1.54) is 11.1 Å². The first-order chi connectivity index (χ1) is 11.4. The largest absolute Gasteiger partial charge is 0.366 e. The maximum absolute atomic E-state index is 11.7. The first-order valence-corrected chi connectivity index (χ1v) is 9.81. The zero-order valence-electron chi connectivity index (χ0n) is 13.9. The highest BCUT2D eigenvalue weighted by Gasteiger charge is 2.31. The van der Waals surface area contributed by atoms with E-state index in [1.807, 2.05) is 30.1 Å². The molecule has 1 N–H and O–H groups in total. The third-order valence-electron chi connectivity index (χ3n) is 4.44. The van der Waals surface area contributed by atoms with Crippen molar-refractivity contribution in [1.29, 1.82) is 0 Å². The van der Waals surface area contributed by atoms with Crippen molar-refractivity contribution in [3.8, 4) is 0 Å². The van der Waals surface area contributed by atoms with E-state index in [0.29, 0.717) is 18.9 Å². The molecule has 3 rings (SSSR count). The molecule has 0 bridgehead atoms. The highest BCUT2D eigenvalue weighted by Crippen LogP contribution is 2.21. The summed E-state index contributed by atoms with van der Waals surface area (Å²) in [6, 6.07) is 9.97. The molecule has 0 saturated carbocycles. The second kappa shape index (κ2) is 6.76. The summed E-state index contributed by atoms with van der Waals surface area (Å²) in [7, 11) is -1.07. The van der Waals surface area contributed by atoms with Gasteiger partial charge in [0.25, 0.3) is 0 Å². The Morgan fingerprint density at radius 3 is 2.79 bits per heavy atom. The van der Waals surface area contributed by atoms with Gasteiger partial charge in [0.1, 0.15) is 5.82 Å². The van der Waals surface area contributed by atoms with E-state index in [0.717, 1.165) is 5.82 Å². The van der Waals surface area contributed by atoms with Crippen molar-refractivity contribution in [1.82, 2.24) is 9.97 Å². The van der Waals surface area contributed by atoms with Gasteiger partial charge in [0.05, 0.1) is 11.5 Å². The predicted octanol–water partition coefficient (Wildman–Crippen LogP) is 2.02. The number of aryl methyl sites for hydroxylation is 1. The van der Waals surface area contributed by atoms with Gasteiger partial charge < -0.3 is 10.2 Å². The molecular formula is C17H22N4O2S. The lowest BCUT2D eigenvalue weighted by Gasteiger charge is -2.23. The molecule has 1 aromatic carbocycles. The second-order valence-corrected chi connectivity index (χ2v) is 8.42. The number of aromatic nitrogens is 2. The fourth-order valence-electron chi connectivity index (χ4n) is 2.86. The molecule has 2 aromatic rings. The molecule has 7 heteroatoms. The Labute approximate surface area is 142 Å². The lowest BCUT2D eigenvalue weighted by Crippen LogP contribution is -2.33. The van der Waals surface area contributed by atoms with E-state index >= 15 is 0 Å². The summed E-state index contributed by atoms with van der Waals surface area (Å²) in [6.07, 6.45) is 2.32. The number of sulfone groups is 1. The normalized spacial score (nSPS) is 19.2. The minimum Gasteiger partial charge on any atom is -0.366 e. The molecule has 1 saturated heterocycles. The predicted molar refractivity (Wildman–Crippen MR) is 96.0 cm³/mol. The lowest BCUT2D eigenvalue weighted by atomic mass is 10.1. The van der Waals surface area contributed by atoms with Crippen LogP contribution >= 0.6 is 0 Å². The molecule has 0 amide bonds. The Balaban J connectivity index is 1.69. The molecule has 0 spiro atoms. The van der Waals surface area contributed by atoms with Gasteiger partial charge in [-0.2, -0.15) is 4.98 Å². The standard InChI is InChI=1S/C17H22N4O2S/c1-13-5-3-4-6-14(13)11-19-16-7-9-18-17(20-16)21(2)15-8-10-24(22,23)12-15/h3-7,9,15H,8,10-12H2,1-2H3,(H,18,19,20). The van der Waals surface area contributed by atoms with Gasteiger partial charge in [0.15, 0.2) is 9.84 Å². The van der Waals surface area contributed by atoms with E-state index < -0.39 is 9.84 Å². The minimum atomic E-state index is -2.92. The van der Waals surface area contributed by atoms with E-state index in [-0.39, 0.29) is 17.5 Å². The molecular weight excluding hydrogens is 324 g/mol. The molecule has 24 heavy (non-hydrogen) atoms. The second-order valence-electron chi connectivity index (χ2n) is 6.19. The summed E-state index contributed by atoms with van der Waals surface area (Å²) in [5.41, 5.74) is 2.44. The molecule has 0 radical (unpaired) electrons. The molecule has 0 aliphatic carbocycles. The van der Waals surface area contributed by atoms with Crippen molar-refractivity contribution in [3.63, 3.8) is 0 Å². The smallest absolute Gasteiger partial charge is 0.227 e. The monoisotopic (exact) mass is 346 g/mol. The quantitative estimate of drug-likeness (QED) is 0.893. The minimum absolute atomic E-state index is 0.0541. The Morgan fingerprint density at radius 2 is 2.08 bits per heavy atom. The molecule has 2 heterocycles. The SMILES string of the molecule is Cc1ccccc1CNc1ccnc(N(C)C2CCS(=O)(=O)C2)n1. The molecule has 1 atom stereocenters. The number of benzene rings is 1. The van der Waals surface area contributed by atoms with Crippen molar-refractivity contribution in [2.24, 2.45) is 0 Å². The maximum Gasteiger partial charge on any atom is 0.227 e. The maximum atomic E-state index is 11.7. The van der Waals surface area contributed by atoms with Crippen LogP contribution in [0, 0.1) is 6.92 Å². The van der Waals surface area contributed by atoms with Crippen LogP contribution in [0.1, 0.15) is 17.5 Å². The summed E-state index contributed by atoms with van der Waals surface area (Å²) < 4.78 is 23.3. The average Bonchev–Trinajstić information content (AvgIpc) is 2.94. The molecule has 1 fully saturated rings. The Kier molecular flexibility index (Phi) is 4.71. The van der Waals surface area contributed by atoms with Gasteiger partial charge in [-0.1, -0.05) is 24.3 Å². The summed E-state index contributed by atoms with van der Waals surface area (Å²) >= 11 is 0. The van der Waals surface area contributed by atoms with Crippen LogP contribution in [0.5, 0.6) is 0 Å². The van der Waals surface area contributed by atoms with Gasteiger partial charge in [-0.25, -0.2) is 13.4 Å². The van der Waals surface area contributed by atoms with Crippen LogP contribution in [0.15, 0.2) is 36.5 Å². The fraction of sp³-hybridized carbons (Fsp3) is 0.412. The Hall–Kier alpha value is -2.15. The average molecular weight is 346 g/mol. The Bertz CT molecular complexity index is 823. The van der Waals surface area contributed by atoms with Crippen LogP contribution in [0.2, 0.25) is 0 Å². The van der Waals surface area contributed by atoms with E-state index in [2.05, 4.69) is 34.3 Å². The van der Waals surface area contributed by atoms with Crippen LogP contribution in [0.4, 0.5) is 11.8 Å². The molecule has 1 aromatic heterocycles. The molecule has 1 unspecified atom stereocenters. The number of hydrogen-bond acceptors (Lipinski definition) is 6. The van der Waals surface area contributed by atoms with Gasteiger partial charge in [-0.15, -0.1) is 0 Å². The van der Waals surface area contributed by atoms with Crippen molar-refractivity contribution in [2.75, 3.05) is 28.8 Å². The highest BCUT2D eigenvalue weighted by atomic mass is 32.2. The number of nitrogens with zero attached hydrogens (tertiary/aromatic N) is 3. The van der Waals surface area contributed by atoms with Crippen molar-refractivity contribution >= 4 is 21.6 Å². The van der Waals surface area contributed by atoms with Crippen LogP contribution in [0.3, 0.4) is 0 Å². The fourth-order valence-corrected chi connectivity index (χ4v) is 4.63. The van der Waals surface area contributed by atoms with Crippen LogP contribution in [-0.4, -0.2) is 43.0 Å². The van der Waals surface area contributed by atoms with Gasteiger partial charge in [0.2, 0.25) is 5.95 Å². The first kappa shape index (κ1) is 16.7. The number of hydrogen-bond donors (Lipinski definition) is 1. The van der Waals surface area contributed by atoms with Crippen LogP contribution in [-0.2, 0) is 16.4 Å². The summed E-state index contributed by atoms with van der Waals surface area (Å²) in [5, 5.41) is 3.31. The van der Waals surface area contributed by atoms with Gasteiger partial charge in [-0.05, 0) is 30.5 Å². The first-order valence-electron chi connectivity index (χ1n) is 7.99. The third-order valence-corrected chi connectivity index (χ3v) is 6.19. The summed E-state index contributed by atoms with van der Waals surface area (Å²) in [5.74, 6) is 1.70. The van der Waals surface area contributed by atoms with Crippen molar-refractivity contribution in [3.05, 3.63) is 47.7 Å². The van der Waals surface area contributed by atoms with Gasteiger partial charge >= 0.3 is 0 Å². The van der Waals surface area contributed by atoms with Crippen LogP contribution < -0.4 is 10.2 Å². The topological polar surface area (TPSA) is 75.2 Å². The molecule has 1 aliphatic rings. The molecule has 6 nitrogen and oxygen atoms in total.